The molecule has 130 valence electrons. The lowest BCUT2D eigenvalue weighted by atomic mass is 9.97. The molecule has 0 aliphatic carbocycles. The van der Waals surface area contributed by atoms with Gasteiger partial charge in [-0.05, 0) is 43.3 Å². The predicted octanol–water partition coefficient (Wildman–Crippen LogP) is 4.21. The maximum Gasteiger partial charge on any atom is 0.364 e. The summed E-state index contributed by atoms with van der Waals surface area (Å²) in [5.74, 6) is 2.01. The van der Waals surface area contributed by atoms with Crippen molar-refractivity contribution in [2.75, 3.05) is 6.61 Å². The number of cyclic esters (lactones) is 1. The van der Waals surface area contributed by atoms with Crippen LogP contribution in [0, 0.1) is 0 Å². The molecule has 5 nitrogen and oxygen atoms in total. The molecule has 2 aliphatic heterocycles. The van der Waals surface area contributed by atoms with Gasteiger partial charge in [0, 0.05) is 23.6 Å². The molecule has 0 saturated carbocycles. The van der Waals surface area contributed by atoms with Crippen LogP contribution in [0.1, 0.15) is 25.0 Å². The molecule has 0 spiro atoms. The van der Waals surface area contributed by atoms with E-state index in [1.165, 1.54) is 0 Å². The fourth-order valence-electron chi connectivity index (χ4n) is 2.93. The Kier molecular flexibility index (Phi) is 4.05. The topological polar surface area (TPSA) is 57.1 Å². The second kappa shape index (κ2) is 6.52. The van der Waals surface area contributed by atoms with Crippen LogP contribution in [0.5, 0.6) is 11.5 Å². The van der Waals surface area contributed by atoms with Gasteiger partial charge in [-0.1, -0.05) is 18.2 Å². The monoisotopic (exact) mass is 347 g/mol. The van der Waals surface area contributed by atoms with E-state index in [2.05, 4.69) is 4.99 Å². The zero-order valence-electron chi connectivity index (χ0n) is 14.5. The van der Waals surface area contributed by atoms with E-state index in [0.29, 0.717) is 35.3 Å². The largest absolute Gasteiger partial charge is 0.494 e. The van der Waals surface area contributed by atoms with E-state index in [1.54, 1.807) is 6.92 Å². The number of carbonyl (C=O) groups is 1. The molecule has 2 aliphatic rings. The first-order chi connectivity index (χ1) is 12.7. The van der Waals surface area contributed by atoms with Crippen LogP contribution in [0.3, 0.4) is 0 Å². The van der Waals surface area contributed by atoms with Crippen LogP contribution in [-0.2, 0) is 9.53 Å². The summed E-state index contributed by atoms with van der Waals surface area (Å²) in [5.41, 5.74) is 2.68. The number of nitrogens with zero attached hydrogens (tertiary/aromatic N) is 1. The third-order valence-electron chi connectivity index (χ3n) is 4.08. The van der Waals surface area contributed by atoms with Gasteiger partial charge in [0.1, 0.15) is 17.3 Å². The molecule has 0 fully saturated rings. The quantitative estimate of drug-likeness (QED) is 0.617. The van der Waals surface area contributed by atoms with E-state index in [1.807, 2.05) is 61.5 Å². The Morgan fingerprint density at radius 1 is 1.04 bits per heavy atom. The van der Waals surface area contributed by atoms with Gasteiger partial charge in [-0.25, -0.2) is 9.79 Å². The Morgan fingerprint density at radius 2 is 1.81 bits per heavy atom. The fraction of sp³-hybridized carbons (Fsp3) is 0.143. The molecule has 2 heterocycles. The van der Waals surface area contributed by atoms with Gasteiger partial charge in [-0.15, -0.1) is 0 Å². The predicted molar refractivity (Wildman–Crippen MR) is 98.8 cm³/mol. The molecule has 0 radical (unpaired) electrons. The van der Waals surface area contributed by atoms with E-state index in [0.717, 1.165) is 16.9 Å². The highest BCUT2D eigenvalue weighted by atomic mass is 16.6. The summed E-state index contributed by atoms with van der Waals surface area (Å²) >= 11 is 0. The molecule has 4 rings (SSSR count). The highest BCUT2D eigenvalue weighted by molar-refractivity contribution is 6.11. The highest BCUT2D eigenvalue weighted by Gasteiger charge is 2.28. The molecule has 0 N–H and O–H groups in total. The first kappa shape index (κ1) is 16.1. The Morgan fingerprint density at radius 3 is 2.50 bits per heavy atom. The number of aliphatic imine (C=N–C) groups is 1. The third kappa shape index (κ3) is 2.88. The normalized spacial score (nSPS) is 18.5. The van der Waals surface area contributed by atoms with E-state index in [9.17, 15) is 4.79 Å². The van der Waals surface area contributed by atoms with E-state index in [4.69, 9.17) is 14.2 Å². The van der Waals surface area contributed by atoms with Crippen LogP contribution in [0.4, 0.5) is 0 Å². The summed E-state index contributed by atoms with van der Waals surface area (Å²) < 4.78 is 16.6. The summed E-state index contributed by atoms with van der Waals surface area (Å²) in [7, 11) is 0. The lowest BCUT2D eigenvalue weighted by Gasteiger charge is -2.21. The Balaban J connectivity index is 1.82. The second-order valence-electron chi connectivity index (χ2n) is 5.85. The zero-order chi connectivity index (χ0) is 18.1. The van der Waals surface area contributed by atoms with Crippen LogP contribution in [0.15, 0.2) is 65.3 Å². The SMILES string of the molecule is CCOc1ccc(C2=CC(=C3N=C(C)OC3=O)c3ccccc3O2)cc1. The zero-order valence-corrected chi connectivity index (χ0v) is 14.5. The first-order valence-electron chi connectivity index (χ1n) is 8.39. The molecule has 0 saturated heterocycles. The van der Waals surface area contributed by atoms with Crippen molar-refractivity contribution < 1.29 is 19.0 Å². The van der Waals surface area contributed by atoms with Crippen molar-refractivity contribution in [3.05, 3.63) is 71.4 Å². The molecular formula is C21H17NO4. The molecule has 0 amide bonds. The lowest BCUT2D eigenvalue weighted by molar-refractivity contribution is -0.130. The Labute approximate surface area is 151 Å². The number of carbonyl (C=O) groups excluding carboxylic acids is 1. The van der Waals surface area contributed by atoms with Crippen molar-refractivity contribution in [1.82, 2.24) is 0 Å². The minimum Gasteiger partial charge on any atom is -0.494 e. The number of benzene rings is 2. The van der Waals surface area contributed by atoms with Crippen molar-refractivity contribution in [3.8, 4) is 11.5 Å². The number of allylic oxidation sites excluding steroid dienone is 2. The maximum absolute atomic E-state index is 12.2. The van der Waals surface area contributed by atoms with Gasteiger partial charge in [0.15, 0.2) is 11.6 Å². The van der Waals surface area contributed by atoms with Gasteiger partial charge in [0.05, 0.1) is 6.61 Å². The number of para-hydroxylation sites is 1. The first-order valence-corrected chi connectivity index (χ1v) is 8.39. The van der Waals surface area contributed by atoms with Crippen molar-refractivity contribution in [1.29, 1.82) is 0 Å². The summed E-state index contributed by atoms with van der Waals surface area (Å²) in [6.07, 6.45) is 1.83. The number of hydrogen-bond acceptors (Lipinski definition) is 5. The van der Waals surface area contributed by atoms with Gasteiger partial charge < -0.3 is 14.2 Å². The van der Waals surface area contributed by atoms with Crippen molar-refractivity contribution in [2.45, 2.75) is 13.8 Å². The third-order valence-corrected chi connectivity index (χ3v) is 4.08. The fourth-order valence-corrected chi connectivity index (χ4v) is 2.93. The molecule has 0 atom stereocenters. The van der Waals surface area contributed by atoms with Gasteiger partial charge in [-0.3, -0.25) is 0 Å². The van der Waals surface area contributed by atoms with Crippen molar-refractivity contribution in [2.24, 2.45) is 4.99 Å². The minimum atomic E-state index is -0.448. The summed E-state index contributed by atoms with van der Waals surface area (Å²) in [5, 5.41) is 0. The molecule has 5 heteroatoms. The van der Waals surface area contributed by atoms with Crippen LogP contribution in [-0.4, -0.2) is 18.5 Å². The van der Waals surface area contributed by atoms with E-state index in [-0.39, 0.29) is 0 Å². The molecule has 0 aromatic heterocycles. The average molecular weight is 347 g/mol. The minimum absolute atomic E-state index is 0.293. The molecular weight excluding hydrogens is 330 g/mol. The number of ether oxygens (including phenoxy) is 3. The van der Waals surface area contributed by atoms with E-state index >= 15 is 0 Å². The Bertz CT molecular complexity index is 968. The number of fused-ring (bicyclic) bond motifs is 1. The van der Waals surface area contributed by atoms with Crippen LogP contribution in [0.25, 0.3) is 11.3 Å². The Hall–Kier alpha value is -3.34. The van der Waals surface area contributed by atoms with Gasteiger partial charge in [0.2, 0.25) is 0 Å². The standard InChI is InChI=1S/C21H17NO4/c1-3-24-15-10-8-14(9-11-15)19-12-17(20-21(23)25-13(2)22-20)16-6-4-5-7-18(16)26-19/h4-12H,3H2,1-2H3. The number of hydrogen-bond donors (Lipinski definition) is 0. The van der Waals surface area contributed by atoms with Crippen LogP contribution in [0.2, 0.25) is 0 Å². The summed E-state index contributed by atoms with van der Waals surface area (Å²) in [6, 6.07) is 15.2. The molecule has 0 unspecified atom stereocenters. The van der Waals surface area contributed by atoms with Gasteiger partial charge in [-0.2, -0.15) is 0 Å². The maximum atomic E-state index is 12.2. The number of esters is 1. The second-order valence-corrected chi connectivity index (χ2v) is 5.85. The van der Waals surface area contributed by atoms with Crippen molar-refractivity contribution >= 4 is 23.2 Å². The van der Waals surface area contributed by atoms with Gasteiger partial charge in [0.25, 0.3) is 0 Å². The van der Waals surface area contributed by atoms with E-state index < -0.39 is 5.97 Å². The molecule has 2 aromatic carbocycles. The lowest BCUT2D eigenvalue weighted by Crippen LogP contribution is -2.07. The van der Waals surface area contributed by atoms with Crippen LogP contribution >= 0.6 is 0 Å². The smallest absolute Gasteiger partial charge is 0.364 e. The van der Waals surface area contributed by atoms with Crippen LogP contribution < -0.4 is 9.47 Å². The van der Waals surface area contributed by atoms with Gasteiger partial charge >= 0.3 is 5.97 Å². The summed E-state index contributed by atoms with van der Waals surface area (Å²) in [4.78, 5) is 16.4. The molecule has 0 bridgehead atoms. The average Bonchev–Trinajstić information content (AvgIpc) is 3.00. The summed E-state index contributed by atoms with van der Waals surface area (Å²) in [6.45, 7) is 4.22. The molecule has 26 heavy (non-hydrogen) atoms. The highest BCUT2D eigenvalue weighted by Crippen LogP contribution is 2.39. The molecule has 2 aromatic rings. The van der Waals surface area contributed by atoms with Crippen molar-refractivity contribution in [3.63, 3.8) is 0 Å². The number of rotatable bonds is 3.